The van der Waals surface area contributed by atoms with Crippen LogP contribution in [0.4, 0.5) is 5.69 Å². The summed E-state index contributed by atoms with van der Waals surface area (Å²) in [5.41, 5.74) is 7.54. The topological polar surface area (TPSA) is 18.8 Å². The smallest absolute Gasteiger partial charge is 0.0872 e. The maximum atomic E-state index is 5.31. The lowest BCUT2D eigenvalue weighted by Gasteiger charge is -2.36. The van der Waals surface area contributed by atoms with Crippen LogP contribution in [0.2, 0.25) is 0 Å². The fraction of sp³-hybridized carbons (Fsp3) is 0.156. The van der Waals surface area contributed by atoms with Gasteiger partial charge in [-0.15, -0.1) is 0 Å². The van der Waals surface area contributed by atoms with E-state index >= 15 is 0 Å². The third kappa shape index (κ3) is 4.55. The number of anilines is 1. The van der Waals surface area contributed by atoms with Crippen molar-refractivity contribution in [3.05, 3.63) is 144 Å². The third-order valence-corrected chi connectivity index (χ3v) is 6.94. The monoisotopic (exact) mass is 455 g/mol. The Labute approximate surface area is 207 Å². The maximum Gasteiger partial charge on any atom is 0.0872 e. The molecule has 1 fully saturated rings. The molecule has 2 aliphatic heterocycles. The number of piperidine rings is 1. The minimum absolute atomic E-state index is 0.159. The highest BCUT2D eigenvalue weighted by atomic mass is 15.5. The number of benzene rings is 4. The van der Waals surface area contributed by atoms with Gasteiger partial charge in [-0.3, -0.25) is 9.91 Å². The van der Waals surface area contributed by atoms with E-state index in [9.17, 15) is 0 Å². The molecular formula is C32H29N3. The summed E-state index contributed by atoms with van der Waals surface area (Å²) < 4.78 is 0. The predicted molar refractivity (Wildman–Crippen MR) is 145 cm³/mol. The van der Waals surface area contributed by atoms with Crippen LogP contribution in [0.3, 0.4) is 0 Å². The largest absolute Gasteiger partial charge is 0.294 e. The second-order valence-electron chi connectivity index (χ2n) is 9.36. The first-order valence-electron chi connectivity index (χ1n) is 12.4. The standard InChI is InChI=1S/C32H29N3/c1-5-13-25(14-6-1)21-28-23-34(22-26-15-7-2-8-16-26)24-30-31(28)33-35(29-19-11-4-12-20-29)32(30)27-17-9-3-10-18-27/h1-21,30,32H,22-24H2/b28-21+/t30-,32+/m0/s1. The molecule has 0 aliphatic carbocycles. The van der Waals surface area contributed by atoms with Gasteiger partial charge in [-0.2, -0.15) is 5.10 Å². The third-order valence-electron chi connectivity index (χ3n) is 6.94. The van der Waals surface area contributed by atoms with Crippen LogP contribution in [0.1, 0.15) is 22.7 Å². The molecular weight excluding hydrogens is 426 g/mol. The predicted octanol–water partition coefficient (Wildman–Crippen LogP) is 6.82. The van der Waals surface area contributed by atoms with Gasteiger partial charge in [0, 0.05) is 25.6 Å². The first-order chi connectivity index (χ1) is 17.3. The number of hydrogen-bond acceptors (Lipinski definition) is 3. The highest BCUT2D eigenvalue weighted by Crippen LogP contribution is 2.43. The summed E-state index contributed by atoms with van der Waals surface area (Å²) in [7, 11) is 0. The molecule has 0 spiro atoms. The van der Waals surface area contributed by atoms with Crippen LogP contribution >= 0.6 is 0 Å². The number of likely N-dealkylation sites (tertiary alicyclic amines) is 1. The Morgan fingerprint density at radius 1 is 0.714 bits per heavy atom. The second-order valence-corrected chi connectivity index (χ2v) is 9.36. The minimum Gasteiger partial charge on any atom is -0.294 e. The highest BCUT2D eigenvalue weighted by molar-refractivity contribution is 6.09. The lowest BCUT2D eigenvalue weighted by Crippen LogP contribution is -2.43. The van der Waals surface area contributed by atoms with E-state index in [1.54, 1.807) is 0 Å². The summed E-state index contributed by atoms with van der Waals surface area (Å²) in [5, 5.41) is 7.56. The van der Waals surface area contributed by atoms with Crippen LogP contribution < -0.4 is 5.01 Å². The van der Waals surface area contributed by atoms with Crippen molar-refractivity contribution in [3.8, 4) is 0 Å². The normalized spacial score (nSPS) is 21.1. The molecule has 2 aliphatic rings. The molecule has 2 atom stereocenters. The molecule has 35 heavy (non-hydrogen) atoms. The van der Waals surface area contributed by atoms with Crippen molar-refractivity contribution >= 4 is 17.5 Å². The number of rotatable bonds is 5. The maximum absolute atomic E-state index is 5.31. The van der Waals surface area contributed by atoms with Gasteiger partial charge in [0.2, 0.25) is 0 Å². The molecule has 0 radical (unpaired) electrons. The summed E-state index contributed by atoms with van der Waals surface area (Å²) in [5.74, 6) is 0.282. The lowest BCUT2D eigenvalue weighted by molar-refractivity contribution is 0.245. The Morgan fingerprint density at radius 2 is 1.31 bits per heavy atom. The van der Waals surface area contributed by atoms with Crippen molar-refractivity contribution < 1.29 is 0 Å². The van der Waals surface area contributed by atoms with E-state index in [1.165, 1.54) is 28.0 Å². The zero-order valence-corrected chi connectivity index (χ0v) is 19.7. The Morgan fingerprint density at radius 3 is 2.00 bits per heavy atom. The van der Waals surface area contributed by atoms with E-state index in [0.717, 1.165) is 25.3 Å². The minimum atomic E-state index is 0.159. The van der Waals surface area contributed by atoms with Crippen LogP contribution in [0.15, 0.2) is 132 Å². The average Bonchev–Trinajstić information content (AvgIpc) is 3.31. The average molecular weight is 456 g/mol. The molecule has 4 aromatic rings. The van der Waals surface area contributed by atoms with Gasteiger partial charge in [-0.1, -0.05) is 109 Å². The van der Waals surface area contributed by atoms with Crippen molar-refractivity contribution in [3.63, 3.8) is 0 Å². The number of hydrogen-bond donors (Lipinski definition) is 0. The summed E-state index contributed by atoms with van der Waals surface area (Å²) in [6, 6.07) is 43.1. The molecule has 6 rings (SSSR count). The molecule has 3 heteroatoms. The number of para-hydroxylation sites is 1. The van der Waals surface area contributed by atoms with Gasteiger partial charge in [-0.25, -0.2) is 0 Å². The van der Waals surface area contributed by atoms with Gasteiger partial charge in [0.25, 0.3) is 0 Å². The van der Waals surface area contributed by atoms with Crippen molar-refractivity contribution in [2.45, 2.75) is 12.6 Å². The number of hydrazone groups is 1. The quantitative estimate of drug-likeness (QED) is 0.329. The summed E-state index contributed by atoms with van der Waals surface area (Å²) >= 11 is 0. The molecule has 2 heterocycles. The fourth-order valence-corrected chi connectivity index (χ4v) is 5.38. The van der Waals surface area contributed by atoms with Crippen LogP contribution in [0.5, 0.6) is 0 Å². The SMILES string of the molecule is C(=C1/CN(Cc2ccccc2)C[C@H]2C1=NN(c1ccccc1)[C@@H]2c1ccccc1)/c1ccccc1. The Balaban J connectivity index is 1.44. The van der Waals surface area contributed by atoms with Gasteiger partial charge >= 0.3 is 0 Å². The molecule has 0 unspecified atom stereocenters. The van der Waals surface area contributed by atoms with Crippen LogP contribution in [0.25, 0.3) is 6.08 Å². The Bertz CT molecular complexity index is 1310. The van der Waals surface area contributed by atoms with E-state index in [-0.39, 0.29) is 12.0 Å². The molecule has 3 nitrogen and oxygen atoms in total. The van der Waals surface area contributed by atoms with Gasteiger partial charge in [0.15, 0.2) is 0 Å². The second kappa shape index (κ2) is 9.73. The fourth-order valence-electron chi connectivity index (χ4n) is 5.38. The summed E-state index contributed by atoms with van der Waals surface area (Å²) in [6.07, 6.45) is 2.33. The van der Waals surface area contributed by atoms with Crippen molar-refractivity contribution in [1.29, 1.82) is 0 Å². The van der Waals surface area contributed by atoms with Gasteiger partial charge < -0.3 is 0 Å². The lowest BCUT2D eigenvalue weighted by atomic mass is 9.82. The van der Waals surface area contributed by atoms with E-state index in [4.69, 9.17) is 5.10 Å². The van der Waals surface area contributed by atoms with Crippen molar-refractivity contribution in [2.24, 2.45) is 11.0 Å². The van der Waals surface area contributed by atoms with E-state index in [2.05, 4.69) is 137 Å². The number of nitrogens with zero attached hydrogens (tertiary/aromatic N) is 3. The molecule has 172 valence electrons. The van der Waals surface area contributed by atoms with Crippen LogP contribution in [0, 0.1) is 5.92 Å². The van der Waals surface area contributed by atoms with Crippen molar-refractivity contribution in [2.75, 3.05) is 18.1 Å². The highest BCUT2D eigenvalue weighted by Gasteiger charge is 2.43. The molecule has 4 aromatic carbocycles. The zero-order chi connectivity index (χ0) is 23.5. The molecule has 0 aromatic heterocycles. The van der Waals surface area contributed by atoms with Gasteiger partial charge in [0.05, 0.1) is 17.4 Å². The summed E-state index contributed by atoms with van der Waals surface area (Å²) in [4.78, 5) is 2.58. The first-order valence-corrected chi connectivity index (χ1v) is 12.4. The first kappa shape index (κ1) is 21.6. The van der Waals surface area contributed by atoms with E-state index < -0.39 is 0 Å². The van der Waals surface area contributed by atoms with Gasteiger partial charge in [-0.05, 0) is 40.5 Å². The molecule has 0 bridgehead atoms. The molecule has 1 saturated heterocycles. The van der Waals surface area contributed by atoms with E-state index in [0.29, 0.717) is 0 Å². The molecule has 0 saturated carbocycles. The van der Waals surface area contributed by atoms with Gasteiger partial charge in [0.1, 0.15) is 0 Å². The molecule has 0 N–H and O–H groups in total. The zero-order valence-electron chi connectivity index (χ0n) is 19.7. The number of fused-ring (bicyclic) bond motifs is 1. The van der Waals surface area contributed by atoms with Crippen LogP contribution in [-0.2, 0) is 6.54 Å². The van der Waals surface area contributed by atoms with Crippen molar-refractivity contribution in [1.82, 2.24) is 4.90 Å². The molecule has 0 amide bonds. The van der Waals surface area contributed by atoms with Crippen LogP contribution in [-0.4, -0.2) is 23.7 Å². The Hall–Kier alpha value is -3.95. The van der Waals surface area contributed by atoms with E-state index in [1.807, 2.05) is 0 Å². The Kier molecular flexibility index (Phi) is 6.00. The summed E-state index contributed by atoms with van der Waals surface area (Å²) in [6.45, 7) is 2.80.